The van der Waals surface area contributed by atoms with Gasteiger partial charge in [0, 0.05) is 5.02 Å². The summed E-state index contributed by atoms with van der Waals surface area (Å²) in [7, 11) is 0. The van der Waals surface area contributed by atoms with Crippen molar-refractivity contribution in [3.63, 3.8) is 0 Å². The lowest BCUT2D eigenvalue weighted by molar-refractivity contribution is 0.0825. The number of Topliss-reactive ketones (excluding diaryl/α,β-unsaturated/α-hetero) is 1. The van der Waals surface area contributed by atoms with Gasteiger partial charge in [0.2, 0.25) is 0 Å². The highest BCUT2D eigenvalue weighted by Crippen LogP contribution is 2.48. The average Bonchev–Trinajstić information content (AvgIpc) is 3.01. The van der Waals surface area contributed by atoms with E-state index >= 15 is 0 Å². The molecule has 80 valence electrons. The summed E-state index contributed by atoms with van der Waals surface area (Å²) in [6, 6.07) is 3.88. The molecule has 0 aliphatic heterocycles. The molecule has 1 aromatic carbocycles. The Kier molecular flexibility index (Phi) is 2.52. The molecule has 2 rings (SSSR count). The standard InChI is InChI=1S/C11H10ClFO2/c12-7-1-2-9(13)8(5-7)10(15)11(6-14)3-4-11/h1-2,5,14H,3-4,6H2. The van der Waals surface area contributed by atoms with Crippen LogP contribution >= 0.6 is 11.6 Å². The van der Waals surface area contributed by atoms with Crippen LogP contribution in [0.15, 0.2) is 18.2 Å². The summed E-state index contributed by atoms with van der Waals surface area (Å²) in [5.41, 5.74) is -0.764. The lowest BCUT2D eigenvalue weighted by Crippen LogP contribution is -2.21. The first kappa shape index (κ1) is 10.6. The van der Waals surface area contributed by atoms with Gasteiger partial charge in [-0.3, -0.25) is 4.79 Å². The summed E-state index contributed by atoms with van der Waals surface area (Å²) < 4.78 is 13.4. The number of aliphatic hydroxyl groups excluding tert-OH is 1. The molecule has 1 aliphatic carbocycles. The molecule has 1 N–H and O–H groups in total. The van der Waals surface area contributed by atoms with Crippen molar-refractivity contribution in [2.75, 3.05) is 6.61 Å². The monoisotopic (exact) mass is 228 g/mol. The van der Waals surface area contributed by atoms with E-state index in [0.717, 1.165) is 0 Å². The SMILES string of the molecule is O=C(c1cc(Cl)ccc1F)C1(CO)CC1. The minimum Gasteiger partial charge on any atom is -0.395 e. The largest absolute Gasteiger partial charge is 0.395 e. The van der Waals surface area contributed by atoms with Crippen molar-refractivity contribution in [3.8, 4) is 0 Å². The van der Waals surface area contributed by atoms with Crippen molar-refractivity contribution >= 4 is 17.4 Å². The zero-order chi connectivity index (χ0) is 11.1. The topological polar surface area (TPSA) is 37.3 Å². The van der Waals surface area contributed by atoms with Gasteiger partial charge in [-0.1, -0.05) is 11.6 Å². The average molecular weight is 229 g/mol. The third-order valence-corrected chi connectivity index (χ3v) is 3.05. The molecule has 0 aromatic heterocycles. The predicted molar refractivity (Wildman–Crippen MR) is 54.5 cm³/mol. The van der Waals surface area contributed by atoms with Gasteiger partial charge in [-0.2, -0.15) is 0 Å². The van der Waals surface area contributed by atoms with Crippen LogP contribution in [0.25, 0.3) is 0 Å². The van der Waals surface area contributed by atoms with Crippen LogP contribution in [0.5, 0.6) is 0 Å². The summed E-state index contributed by atoms with van der Waals surface area (Å²) in [6.07, 6.45) is 1.24. The van der Waals surface area contributed by atoms with E-state index in [-0.39, 0.29) is 18.0 Å². The normalized spacial score (nSPS) is 17.5. The van der Waals surface area contributed by atoms with E-state index in [1.807, 2.05) is 0 Å². The van der Waals surface area contributed by atoms with Gasteiger partial charge in [-0.25, -0.2) is 4.39 Å². The molecular weight excluding hydrogens is 219 g/mol. The van der Waals surface area contributed by atoms with E-state index < -0.39 is 11.2 Å². The van der Waals surface area contributed by atoms with Gasteiger partial charge >= 0.3 is 0 Å². The molecule has 1 saturated carbocycles. The molecule has 0 saturated heterocycles. The van der Waals surface area contributed by atoms with Gasteiger partial charge in [0.25, 0.3) is 0 Å². The van der Waals surface area contributed by atoms with Gasteiger partial charge in [-0.15, -0.1) is 0 Å². The highest BCUT2D eigenvalue weighted by atomic mass is 35.5. The van der Waals surface area contributed by atoms with Crippen molar-refractivity contribution in [3.05, 3.63) is 34.6 Å². The number of rotatable bonds is 3. The number of benzene rings is 1. The van der Waals surface area contributed by atoms with Crippen molar-refractivity contribution in [2.24, 2.45) is 5.41 Å². The fourth-order valence-electron chi connectivity index (χ4n) is 1.57. The van der Waals surface area contributed by atoms with Crippen LogP contribution in [0.3, 0.4) is 0 Å². The van der Waals surface area contributed by atoms with Crippen molar-refractivity contribution in [1.82, 2.24) is 0 Å². The predicted octanol–water partition coefficient (Wildman–Crippen LogP) is 2.43. The van der Waals surface area contributed by atoms with Crippen molar-refractivity contribution < 1.29 is 14.3 Å². The Morgan fingerprint density at radius 3 is 2.73 bits per heavy atom. The number of hydrogen-bond acceptors (Lipinski definition) is 2. The lowest BCUT2D eigenvalue weighted by atomic mass is 9.95. The van der Waals surface area contributed by atoms with Crippen LogP contribution in [-0.4, -0.2) is 17.5 Å². The van der Waals surface area contributed by atoms with E-state index in [2.05, 4.69) is 0 Å². The molecule has 0 bridgehead atoms. The molecule has 1 aliphatic rings. The molecule has 0 atom stereocenters. The van der Waals surface area contributed by atoms with Crippen LogP contribution in [-0.2, 0) is 0 Å². The second-order valence-corrected chi connectivity index (χ2v) is 4.33. The van der Waals surface area contributed by atoms with E-state index in [1.54, 1.807) is 0 Å². The Balaban J connectivity index is 2.37. The molecule has 0 heterocycles. The third-order valence-electron chi connectivity index (χ3n) is 2.81. The number of halogens is 2. The number of aliphatic hydroxyl groups is 1. The first-order valence-corrected chi connectivity index (χ1v) is 5.07. The van der Waals surface area contributed by atoms with Crippen LogP contribution in [0.2, 0.25) is 5.02 Å². The van der Waals surface area contributed by atoms with E-state index in [9.17, 15) is 9.18 Å². The molecule has 4 heteroatoms. The minimum absolute atomic E-state index is 0.0194. The molecule has 0 radical (unpaired) electrons. The Labute approximate surface area is 91.7 Å². The smallest absolute Gasteiger partial charge is 0.174 e. The molecule has 0 spiro atoms. The molecule has 0 unspecified atom stereocenters. The Bertz CT molecular complexity index is 413. The summed E-state index contributed by atoms with van der Waals surface area (Å²) in [5, 5.41) is 9.40. The third kappa shape index (κ3) is 1.77. The molecule has 2 nitrogen and oxygen atoms in total. The fourth-order valence-corrected chi connectivity index (χ4v) is 1.74. The molecular formula is C11H10ClFO2. The van der Waals surface area contributed by atoms with E-state index in [1.165, 1.54) is 18.2 Å². The highest BCUT2D eigenvalue weighted by molar-refractivity contribution is 6.31. The van der Waals surface area contributed by atoms with Gasteiger partial charge < -0.3 is 5.11 Å². The summed E-state index contributed by atoms with van der Waals surface area (Å²) in [5.74, 6) is -0.922. The first-order chi connectivity index (χ1) is 7.09. The zero-order valence-corrected chi connectivity index (χ0v) is 8.72. The second-order valence-electron chi connectivity index (χ2n) is 3.89. The van der Waals surface area contributed by atoms with E-state index in [4.69, 9.17) is 16.7 Å². The van der Waals surface area contributed by atoms with Crippen molar-refractivity contribution in [2.45, 2.75) is 12.8 Å². The minimum atomic E-state index is -0.745. The number of carbonyl (C=O) groups excluding carboxylic acids is 1. The quantitative estimate of drug-likeness (QED) is 0.807. The summed E-state index contributed by atoms with van der Waals surface area (Å²) in [6.45, 7) is -0.224. The molecule has 15 heavy (non-hydrogen) atoms. The Hall–Kier alpha value is -0.930. The van der Waals surface area contributed by atoms with Gasteiger partial charge in [0.1, 0.15) is 5.82 Å². The maximum Gasteiger partial charge on any atom is 0.174 e. The van der Waals surface area contributed by atoms with Crippen LogP contribution in [0, 0.1) is 11.2 Å². The molecule has 1 fully saturated rings. The summed E-state index contributed by atoms with van der Waals surface area (Å²) in [4.78, 5) is 11.9. The van der Waals surface area contributed by atoms with Crippen LogP contribution in [0.1, 0.15) is 23.2 Å². The highest BCUT2D eigenvalue weighted by Gasteiger charge is 2.49. The Morgan fingerprint density at radius 1 is 1.53 bits per heavy atom. The lowest BCUT2D eigenvalue weighted by Gasteiger charge is -2.10. The number of hydrogen-bond donors (Lipinski definition) is 1. The maximum atomic E-state index is 13.4. The van der Waals surface area contributed by atoms with Crippen LogP contribution in [0.4, 0.5) is 4.39 Å². The summed E-state index contributed by atoms with van der Waals surface area (Å²) >= 11 is 5.69. The second kappa shape index (κ2) is 3.58. The van der Waals surface area contributed by atoms with Crippen molar-refractivity contribution in [1.29, 1.82) is 0 Å². The fraction of sp³-hybridized carbons (Fsp3) is 0.364. The first-order valence-electron chi connectivity index (χ1n) is 4.70. The zero-order valence-electron chi connectivity index (χ0n) is 7.96. The van der Waals surface area contributed by atoms with Gasteiger partial charge in [0.15, 0.2) is 5.78 Å². The van der Waals surface area contributed by atoms with Crippen LogP contribution < -0.4 is 0 Å². The maximum absolute atomic E-state index is 13.4. The molecule has 1 aromatic rings. The number of carbonyl (C=O) groups is 1. The Morgan fingerprint density at radius 2 is 2.20 bits per heavy atom. The van der Waals surface area contributed by atoms with E-state index in [0.29, 0.717) is 17.9 Å². The number of ketones is 1. The van der Waals surface area contributed by atoms with Gasteiger partial charge in [-0.05, 0) is 31.0 Å². The van der Waals surface area contributed by atoms with Gasteiger partial charge in [0.05, 0.1) is 17.6 Å². The molecule has 0 amide bonds.